The summed E-state index contributed by atoms with van der Waals surface area (Å²) in [6.07, 6.45) is 3.40. The molecule has 1 aliphatic rings. The standard InChI is InChI=1S/C15H19N3O3/c1-10(2)13-16-14(21-17-13)11-5-3-7-18(9-11)15(19)12-6-4-8-20-12/h4,6,8,10-11H,3,5,7,9H2,1-2H3/t11-/m1/s1. The molecule has 6 heteroatoms. The van der Waals surface area contributed by atoms with Crippen LogP contribution in [0.3, 0.4) is 0 Å². The van der Waals surface area contributed by atoms with Crippen molar-refractivity contribution < 1.29 is 13.7 Å². The van der Waals surface area contributed by atoms with E-state index in [0.717, 1.165) is 25.2 Å². The third kappa shape index (κ3) is 2.84. The molecule has 1 atom stereocenters. The topological polar surface area (TPSA) is 72.4 Å². The van der Waals surface area contributed by atoms with Crippen molar-refractivity contribution in [2.75, 3.05) is 13.1 Å². The highest BCUT2D eigenvalue weighted by Crippen LogP contribution is 2.27. The lowest BCUT2D eigenvalue weighted by Gasteiger charge is -2.30. The zero-order chi connectivity index (χ0) is 14.8. The van der Waals surface area contributed by atoms with Crippen molar-refractivity contribution in [3.05, 3.63) is 35.9 Å². The summed E-state index contributed by atoms with van der Waals surface area (Å²) in [6, 6.07) is 3.41. The van der Waals surface area contributed by atoms with Gasteiger partial charge in [0.2, 0.25) is 5.89 Å². The first kappa shape index (κ1) is 13.9. The van der Waals surface area contributed by atoms with Crippen molar-refractivity contribution in [3.8, 4) is 0 Å². The average molecular weight is 289 g/mol. The summed E-state index contributed by atoms with van der Waals surface area (Å²) in [5.74, 6) is 2.01. The zero-order valence-electron chi connectivity index (χ0n) is 12.3. The molecule has 3 rings (SSSR count). The highest BCUT2D eigenvalue weighted by atomic mass is 16.5. The molecule has 0 spiro atoms. The second-order valence-electron chi connectivity index (χ2n) is 5.71. The van der Waals surface area contributed by atoms with Crippen molar-refractivity contribution in [2.45, 2.75) is 38.5 Å². The van der Waals surface area contributed by atoms with Crippen molar-refractivity contribution in [1.82, 2.24) is 15.0 Å². The number of piperidine rings is 1. The van der Waals surface area contributed by atoms with Crippen molar-refractivity contribution >= 4 is 5.91 Å². The fourth-order valence-corrected chi connectivity index (χ4v) is 2.57. The SMILES string of the molecule is CC(C)c1noc([C@@H]2CCCN(C(=O)c3ccco3)C2)n1. The van der Waals surface area contributed by atoms with Crippen molar-refractivity contribution in [2.24, 2.45) is 0 Å². The third-order valence-corrected chi connectivity index (χ3v) is 3.76. The van der Waals surface area contributed by atoms with Gasteiger partial charge in [-0.1, -0.05) is 19.0 Å². The van der Waals surface area contributed by atoms with Gasteiger partial charge < -0.3 is 13.8 Å². The van der Waals surface area contributed by atoms with E-state index in [0.29, 0.717) is 18.2 Å². The molecule has 112 valence electrons. The number of furan rings is 1. The van der Waals surface area contributed by atoms with Gasteiger partial charge in [0.15, 0.2) is 11.6 Å². The summed E-state index contributed by atoms with van der Waals surface area (Å²) in [6.45, 7) is 5.39. The molecule has 1 fully saturated rings. The molecule has 1 aliphatic heterocycles. The lowest BCUT2D eigenvalue weighted by Crippen LogP contribution is -2.39. The Kier molecular flexibility index (Phi) is 3.77. The van der Waals surface area contributed by atoms with E-state index in [1.54, 1.807) is 17.0 Å². The van der Waals surface area contributed by atoms with Crippen molar-refractivity contribution in [1.29, 1.82) is 0 Å². The predicted molar refractivity (Wildman–Crippen MR) is 75.0 cm³/mol. The van der Waals surface area contributed by atoms with Crippen LogP contribution in [-0.2, 0) is 0 Å². The minimum Gasteiger partial charge on any atom is -0.459 e. The summed E-state index contributed by atoms with van der Waals surface area (Å²) in [7, 11) is 0. The molecule has 1 amide bonds. The predicted octanol–water partition coefficient (Wildman–Crippen LogP) is 2.81. The fourth-order valence-electron chi connectivity index (χ4n) is 2.57. The minimum atomic E-state index is -0.0756. The van der Waals surface area contributed by atoms with E-state index in [9.17, 15) is 4.79 Å². The molecule has 0 aromatic carbocycles. The summed E-state index contributed by atoms with van der Waals surface area (Å²) < 4.78 is 10.5. The largest absolute Gasteiger partial charge is 0.459 e. The number of carbonyl (C=O) groups excluding carboxylic acids is 1. The van der Waals surface area contributed by atoms with Crippen LogP contribution in [0.2, 0.25) is 0 Å². The van der Waals surface area contributed by atoms with Crippen LogP contribution in [0.5, 0.6) is 0 Å². The Morgan fingerprint density at radius 3 is 3.00 bits per heavy atom. The van der Waals surface area contributed by atoms with Crippen LogP contribution >= 0.6 is 0 Å². The molecule has 0 bridgehead atoms. The van der Waals surface area contributed by atoms with Gasteiger partial charge in [-0.05, 0) is 25.0 Å². The Morgan fingerprint density at radius 1 is 1.48 bits per heavy atom. The molecular formula is C15H19N3O3. The third-order valence-electron chi connectivity index (χ3n) is 3.76. The Hall–Kier alpha value is -2.11. The number of likely N-dealkylation sites (tertiary alicyclic amines) is 1. The maximum absolute atomic E-state index is 12.3. The molecule has 0 unspecified atom stereocenters. The number of rotatable bonds is 3. The Morgan fingerprint density at radius 2 is 2.33 bits per heavy atom. The number of hydrogen-bond donors (Lipinski definition) is 0. The first-order chi connectivity index (χ1) is 10.1. The van der Waals surface area contributed by atoms with Gasteiger partial charge in [-0.15, -0.1) is 0 Å². The number of carbonyl (C=O) groups is 1. The molecule has 2 aromatic heterocycles. The maximum atomic E-state index is 12.3. The second kappa shape index (κ2) is 5.71. The Balaban J connectivity index is 1.72. The van der Waals surface area contributed by atoms with Gasteiger partial charge >= 0.3 is 0 Å². The zero-order valence-corrected chi connectivity index (χ0v) is 12.3. The monoisotopic (exact) mass is 289 g/mol. The summed E-state index contributed by atoms with van der Waals surface area (Å²) in [5, 5.41) is 4.00. The van der Waals surface area contributed by atoms with Gasteiger partial charge in [0.05, 0.1) is 12.2 Å². The Bertz CT molecular complexity index is 603. The summed E-state index contributed by atoms with van der Waals surface area (Å²) >= 11 is 0. The summed E-state index contributed by atoms with van der Waals surface area (Å²) in [4.78, 5) is 18.6. The lowest BCUT2D eigenvalue weighted by molar-refractivity contribution is 0.0663. The van der Waals surface area contributed by atoms with Gasteiger partial charge in [0, 0.05) is 19.0 Å². The molecule has 2 aromatic rings. The summed E-state index contributed by atoms with van der Waals surface area (Å²) in [5.41, 5.74) is 0. The quantitative estimate of drug-likeness (QED) is 0.868. The normalized spacial score (nSPS) is 19.2. The first-order valence-corrected chi connectivity index (χ1v) is 7.31. The van der Waals surface area contributed by atoms with Gasteiger partial charge in [-0.2, -0.15) is 4.98 Å². The van der Waals surface area contributed by atoms with Crippen LogP contribution in [0.4, 0.5) is 0 Å². The molecule has 6 nitrogen and oxygen atoms in total. The van der Waals surface area contributed by atoms with Gasteiger partial charge in [-0.25, -0.2) is 0 Å². The van der Waals surface area contributed by atoms with E-state index < -0.39 is 0 Å². The molecule has 21 heavy (non-hydrogen) atoms. The van der Waals surface area contributed by atoms with Crippen LogP contribution in [0.25, 0.3) is 0 Å². The maximum Gasteiger partial charge on any atom is 0.289 e. The van der Waals surface area contributed by atoms with Gasteiger partial charge in [0.25, 0.3) is 5.91 Å². The Labute approximate surface area is 123 Å². The molecular weight excluding hydrogens is 270 g/mol. The highest BCUT2D eigenvalue weighted by Gasteiger charge is 2.30. The smallest absolute Gasteiger partial charge is 0.289 e. The number of amides is 1. The second-order valence-corrected chi connectivity index (χ2v) is 5.71. The average Bonchev–Trinajstić information content (AvgIpc) is 3.18. The van der Waals surface area contributed by atoms with Crippen LogP contribution in [0, 0.1) is 0 Å². The van der Waals surface area contributed by atoms with Crippen LogP contribution in [-0.4, -0.2) is 34.0 Å². The van der Waals surface area contributed by atoms with E-state index in [2.05, 4.69) is 10.1 Å². The van der Waals surface area contributed by atoms with Crippen LogP contribution < -0.4 is 0 Å². The van der Waals surface area contributed by atoms with Crippen LogP contribution in [0.1, 0.15) is 60.8 Å². The lowest BCUT2D eigenvalue weighted by atomic mass is 9.97. The first-order valence-electron chi connectivity index (χ1n) is 7.31. The van der Waals surface area contributed by atoms with Gasteiger partial charge in [-0.3, -0.25) is 4.79 Å². The van der Waals surface area contributed by atoms with E-state index >= 15 is 0 Å². The molecule has 3 heterocycles. The van der Waals surface area contributed by atoms with Crippen molar-refractivity contribution in [3.63, 3.8) is 0 Å². The molecule has 1 saturated heterocycles. The van der Waals surface area contributed by atoms with E-state index in [1.807, 2.05) is 13.8 Å². The molecule has 0 N–H and O–H groups in total. The fraction of sp³-hybridized carbons (Fsp3) is 0.533. The van der Waals surface area contributed by atoms with Crippen LogP contribution in [0.15, 0.2) is 27.3 Å². The highest BCUT2D eigenvalue weighted by molar-refractivity contribution is 5.91. The minimum absolute atomic E-state index is 0.0756. The number of hydrogen-bond acceptors (Lipinski definition) is 5. The van der Waals surface area contributed by atoms with E-state index in [1.165, 1.54) is 6.26 Å². The van der Waals surface area contributed by atoms with E-state index in [-0.39, 0.29) is 17.7 Å². The number of nitrogens with zero attached hydrogens (tertiary/aromatic N) is 3. The number of aromatic nitrogens is 2. The molecule has 0 radical (unpaired) electrons. The molecule has 0 saturated carbocycles. The van der Waals surface area contributed by atoms with Gasteiger partial charge in [0.1, 0.15) is 0 Å². The molecule has 0 aliphatic carbocycles. The van der Waals surface area contributed by atoms with E-state index in [4.69, 9.17) is 8.94 Å².